The Morgan fingerprint density at radius 1 is 1.28 bits per heavy atom. The summed E-state index contributed by atoms with van der Waals surface area (Å²) in [5, 5.41) is 0. The van der Waals surface area contributed by atoms with Crippen molar-refractivity contribution in [3.63, 3.8) is 0 Å². The molecule has 5 heteroatoms. The number of carbonyl (C=O) groups is 1. The number of ketones is 1. The Hall–Kier alpha value is -1.65. The van der Waals surface area contributed by atoms with E-state index in [1.54, 1.807) is 7.05 Å². The van der Waals surface area contributed by atoms with Crippen LogP contribution in [-0.4, -0.2) is 14.9 Å². The standard InChI is InChI=1S/C13H18N2O3/c1-8-5-4-6-9(8)11(16)10-7-14(2)13(18)15(3)12(10)17/h7-9H,4-6H2,1-3H3. The van der Waals surface area contributed by atoms with Crippen molar-refractivity contribution >= 4 is 5.78 Å². The number of rotatable bonds is 2. The fraction of sp³-hybridized carbons (Fsp3) is 0.615. The second kappa shape index (κ2) is 4.55. The lowest BCUT2D eigenvalue weighted by molar-refractivity contribution is 0.0894. The predicted octanol–water partition coefficient (Wildman–Crippen LogP) is 0.703. The van der Waals surface area contributed by atoms with Crippen molar-refractivity contribution in [1.29, 1.82) is 0 Å². The predicted molar refractivity (Wildman–Crippen MR) is 67.8 cm³/mol. The summed E-state index contributed by atoms with van der Waals surface area (Å²) < 4.78 is 2.28. The fourth-order valence-corrected chi connectivity index (χ4v) is 2.71. The van der Waals surface area contributed by atoms with E-state index in [0.717, 1.165) is 23.8 Å². The lowest BCUT2D eigenvalue weighted by Gasteiger charge is -2.14. The molecular weight excluding hydrogens is 232 g/mol. The first-order chi connectivity index (χ1) is 8.43. The average Bonchev–Trinajstić information content (AvgIpc) is 2.76. The molecule has 1 heterocycles. The molecule has 5 nitrogen and oxygen atoms in total. The van der Waals surface area contributed by atoms with Crippen LogP contribution in [0.2, 0.25) is 0 Å². The largest absolute Gasteiger partial charge is 0.330 e. The molecular formula is C13H18N2O3. The Bertz CT molecular complexity index is 597. The van der Waals surface area contributed by atoms with Gasteiger partial charge < -0.3 is 4.57 Å². The molecule has 2 unspecified atom stereocenters. The van der Waals surface area contributed by atoms with Crippen LogP contribution in [-0.2, 0) is 14.1 Å². The molecule has 0 bridgehead atoms. The van der Waals surface area contributed by atoms with Crippen LogP contribution in [0.1, 0.15) is 36.5 Å². The lowest BCUT2D eigenvalue weighted by atomic mass is 9.90. The maximum Gasteiger partial charge on any atom is 0.330 e. The van der Waals surface area contributed by atoms with E-state index in [4.69, 9.17) is 0 Å². The van der Waals surface area contributed by atoms with Gasteiger partial charge in [0.25, 0.3) is 5.56 Å². The summed E-state index contributed by atoms with van der Waals surface area (Å²) >= 11 is 0. The zero-order valence-corrected chi connectivity index (χ0v) is 11.0. The summed E-state index contributed by atoms with van der Waals surface area (Å²) in [5.41, 5.74) is -0.753. The van der Waals surface area contributed by atoms with Crippen LogP contribution in [0.5, 0.6) is 0 Å². The number of nitrogens with zero attached hydrogens (tertiary/aromatic N) is 2. The first-order valence-electron chi connectivity index (χ1n) is 6.24. The fourth-order valence-electron chi connectivity index (χ4n) is 2.71. The second-order valence-corrected chi connectivity index (χ2v) is 5.18. The van der Waals surface area contributed by atoms with Gasteiger partial charge >= 0.3 is 5.69 Å². The van der Waals surface area contributed by atoms with Crippen LogP contribution in [0, 0.1) is 11.8 Å². The van der Waals surface area contributed by atoms with Crippen LogP contribution in [0.25, 0.3) is 0 Å². The molecule has 0 saturated heterocycles. The molecule has 1 aromatic heterocycles. The zero-order chi connectivity index (χ0) is 13.4. The van der Waals surface area contributed by atoms with Crippen molar-refractivity contribution in [3.8, 4) is 0 Å². The van der Waals surface area contributed by atoms with Gasteiger partial charge in [-0.1, -0.05) is 13.3 Å². The van der Waals surface area contributed by atoms with Gasteiger partial charge in [0.1, 0.15) is 0 Å². The molecule has 1 fully saturated rings. The van der Waals surface area contributed by atoms with E-state index in [2.05, 4.69) is 0 Å². The minimum absolute atomic E-state index is 0.0739. The van der Waals surface area contributed by atoms with Gasteiger partial charge in [-0.2, -0.15) is 0 Å². The highest BCUT2D eigenvalue weighted by atomic mass is 16.2. The summed E-state index contributed by atoms with van der Waals surface area (Å²) in [6.45, 7) is 2.04. The molecule has 1 aliphatic rings. The average molecular weight is 250 g/mol. The van der Waals surface area contributed by atoms with Crippen molar-refractivity contribution in [3.05, 3.63) is 32.6 Å². The number of aryl methyl sites for hydroxylation is 1. The first-order valence-corrected chi connectivity index (χ1v) is 6.24. The van der Waals surface area contributed by atoms with Gasteiger partial charge in [-0.25, -0.2) is 4.79 Å². The molecule has 0 radical (unpaired) electrons. The summed E-state index contributed by atoms with van der Waals surface area (Å²) in [6, 6.07) is 0. The van der Waals surface area contributed by atoms with Gasteiger partial charge in [0.2, 0.25) is 0 Å². The van der Waals surface area contributed by atoms with Crippen LogP contribution in [0.3, 0.4) is 0 Å². The van der Waals surface area contributed by atoms with Gasteiger partial charge in [0, 0.05) is 26.2 Å². The van der Waals surface area contributed by atoms with Crippen molar-refractivity contribution in [2.75, 3.05) is 0 Å². The van der Waals surface area contributed by atoms with Gasteiger partial charge in [0.05, 0.1) is 5.56 Å². The van der Waals surface area contributed by atoms with Gasteiger partial charge in [0.15, 0.2) is 5.78 Å². The van der Waals surface area contributed by atoms with Crippen LogP contribution in [0.15, 0.2) is 15.8 Å². The molecule has 0 spiro atoms. The van der Waals surface area contributed by atoms with Gasteiger partial charge in [-0.3, -0.25) is 14.2 Å². The summed E-state index contributed by atoms with van der Waals surface area (Å²) in [7, 11) is 2.95. The molecule has 2 rings (SSSR count). The highest BCUT2D eigenvalue weighted by molar-refractivity contribution is 5.97. The van der Waals surface area contributed by atoms with Crippen molar-refractivity contribution in [1.82, 2.24) is 9.13 Å². The number of aromatic nitrogens is 2. The third-order valence-corrected chi connectivity index (χ3v) is 3.91. The monoisotopic (exact) mass is 250 g/mol. The summed E-state index contributed by atoms with van der Waals surface area (Å²) in [5.74, 6) is 0.130. The Kier molecular flexibility index (Phi) is 3.24. The normalized spacial score (nSPS) is 23.3. The minimum atomic E-state index is -0.484. The topological polar surface area (TPSA) is 61.1 Å². The van der Waals surface area contributed by atoms with E-state index >= 15 is 0 Å². The Labute approximate surface area is 105 Å². The number of hydrogen-bond donors (Lipinski definition) is 0. The maximum absolute atomic E-state index is 12.4. The third kappa shape index (κ3) is 1.94. The van der Waals surface area contributed by atoms with Crippen LogP contribution >= 0.6 is 0 Å². The van der Waals surface area contributed by atoms with E-state index in [0.29, 0.717) is 5.92 Å². The Balaban J connectivity index is 2.49. The number of hydrogen-bond acceptors (Lipinski definition) is 3. The molecule has 0 aromatic carbocycles. The summed E-state index contributed by atoms with van der Waals surface area (Å²) in [4.78, 5) is 35.9. The molecule has 98 valence electrons. The van der Waals surface area contributed by atoms with E-state index in [9.17, 15) is 14.4 Å². The molecule has 0 aliphatic heterocycles. The number of carbonyl (C=O) groups excluding carboxylic acids is 1. The Morgan fingerprint density at radius 3 is 2.50 bits per heavy atom. The Morgan fingerprint density at radius 2 is 1.94 bits per heavy atom. The third-order valence-electron chi connectivity index (χ3n) is 3.91. The van der Waals surface area contributed by atoms with E-state index < -0.39 is 11.2 Å². The van der Waals surface area contributed by atoms with Gasteiger partial charge in [-0.15, -0.1) is 0 Å². The quantitative estimate of drug-likeness (QED) is 0.726. The zero-order valence-electron chi connectivity index (χ0n) is 11.0. The van der Waals surface area contributed by atoms with Crippen molar-refractivity contribution in [2.24, 2.45) is 25.9 Å². The summed E-state index contributed by atoms with van der Waals surface area (Å²) in [6.07, 6.45) is 4.27. The highest BCUT2D eigenvalue weighted by Gasteiger charge is 2.32. The first kappa shape index (κ1) is 12.8. The number of Topliss-reactive ketones (excluding diaryl/α,β-unsaturated/α-hetero) is 1. The smallest absolute Gasteiger partial charge is 0.303 e. The van der Waals surface area contributed by atoms with Crippen molar-refractivity contribution in [2.45, 2.75) is 26.2 Å². The molecule has 1 saturated carbocycles. The molecule has 2 atom stereocenters. The second-order valence-electron chi connectivity index (χ2n) is 5.18. The van der Waals surface area contributed by atoms with E-state index in [-0.39, 0.29) is 17.3 Å². The van der Waals surface area contributed by atoms with E-state index in [1.165, 1.54) is 17.8 Å². The van der Waals surface area contributed by atoms with E-state index in [1.807, 2.05) is 6.92 Å². The molecule has 1 aliphatic carbocycles. The minimum Gasteiger partial charge on any atom is -0.303 e. The SMILES string of the molecule is CC1CCCC1C(=O)c1cn(C)c(=O)n(C)c1=O. The lowest BCUT2D eigenvalue weighted by Crippen LogP contribution is -2.40. The maximum atomic E-state index is 12.4. The molecule has 1 aromatic rings. The van der Waals surface area contributed by atoms with Crippen LogP contribution in [0.4, 0.5) is 0 Å². The molecule has 18 heavy (non-hydrogen) atoms. The van der Waals surface area contributed by atoms with Crippen LogP contribution < -0.4 is 11.2 Å². The molecule has 0 N–H and O–H groups in total. The highest BCUT2D eigenvalue weighted by Crippen LogP contribution is 2.32. The van der Waals surface area contributed by atoms with Gasteiger partial charge in [-0.05, 0) is 18.8 Å². The van der Waals surface area contributed by atoms with Crippen molar-refractivity contribution < 1.29 is 4.79 Å². The molecule has 0 amide bonds.